The fourth-order valence-electron chi connectivity index (χ4n) is 5.30. The van der Waals surface area contributed by atoms with Crippen LogP contribution < -0.4 is 5.32 Å². The number of esters is 1. The molecule has 164 valence electrons. The van der Waals surface area contributed by atoms with Crippen molar-refractivity contribution in [3.8, 4) is 0 Å². The second-order valence-electron chi connectivity index (χ2n) is 9.11. The molecule has 2 saturated heterocycles. The highest BCUT2D eigenvalue weighted by molar-refractivity contribution is 5.95. The lowest BCUT2D eigenvalue weighted by Gasteiger charge is -2.26. The van der Waals surface area contributed by atoms with Gasteiger partial charge in [-0.2, -0.15) is 0 Å². The number of aryl methyl sites for hydroxylation is 2. The number of fused-ring (bicyclic) bond motifs is 1. The number of carbonyl (C=O) groups excluding carboxylic acids is 3. The summed E-state index contributed by atoms with van der Waals surface area (Å²) in [6.07, 6.45) is 1.50. The number of likely N-dealkylation sites (N-methyl/N-ethyl adjacent to an activating group) is 1. The molecule has 8 heteroatoms. The maximum Gasteiger partial charge on any atom is 0.309 e. The van der Waals surface area contributed by atoms with Gasteiger partial charge in [-0.05, 0) is 51.6 Å². The van der Waals surface area contributed by atoms with Gasteiger partial charge < -0.3 is 24.3 Å². The summed E-state index contributed by atoms with van der Waals surface area (Å²) in [7, 11) is 3.41. The smallest absolute Gasteiger partial charge is 0.309 e. The molecule has 5 atom stereocenters. The molecule has 0 spiro atoms. The van der Waals surface area contributed by atoms with E-state index in [-0.39, 0.29) is 47.5 Å². The Kier molecular flexibility index (Phi) is 5.61. The van der Waals surface area contributed by atoms with Gasteiger partial charge in [0.2, 0.25) is 5.91 Å². The number of methoxy groups -OCH3 is 1. The number of rotatable bonds is 4. The van der Waals surface area contributed by atoms with Crippen LogP contribution in [0.4, 0.5) is 0 Å². The first kappa shape index (κ1) is 20.9. The number of hydrogen-bond acceptors (Lipinski definition) is 6. The van der Waals surface area contributed by atoms with Gasteiger partial charge in [-0.1, -0.05) is 0 Å². The van der Waals surface area contributed by atoms with Gasteiger partial charge in [0.1, 0.15) is 11.5 Å². The standard InChI is InChI=1S/C22H31N3O5/c1-12-7-16(13(2)30-12)20(26)23-15-6-5-14(8-24(3)9-15)21(27)25-10-17-18(11-25)19(17)22(28)29-4/h7,14-15,17-19H,5-6,8-11H2,1-4H3,(H,23,26)/t14-,15+,17-,18+,19?/m1/s1. The van der Waals surface area contributed by atoms with Gasteiger partial charge in [0.15, 0.2) is 0 Å². The minimum atomic E-state index is -0.145. The zero-order chi connectivity index (χ0) is 21.6. The van der Waals surface area contributed by atoms with Crippen molar-refractivity contribution in [1.82, 2.24) is 15.1 Å². The monoisotopic (exact) mass is 417 g/mol. The van der Waals surface area contributed by atoms with Gasteiger partial charge in [0.25, 0.3) is 5.91 Å². The first-order valence-electron chi connectivity index (χ1n) is 10.7. The van der Waals surface area contributed by atoms with Gasteiger partial charge in [-0.15, -0.1) is 0 Å². The number of hydrogen-bond donors (Lipinski definition) is 1. The molecule has 4 rings (SSSR count). The summed E-state index contributed by atoms with van der Waals surface area (Å²) in [6.45, 7) is 6.32. The molecule has 1 aliphatic carbocycles. The van der Waals surface area contributed by atoms with E-state index < -0.39 is 0 Å². The lowest BCUT2D eigenvalue weighted by molar-refractivity contribution is -0.144. The van der Waals surface area contributed by atoms with Crippen LogP contribution in [0.2, 0.25) is 0 Å². The number of nitrogens with zero attached hydrogens (tertiary/aromatic N) is 2. The van der Waals surface area contributed by atoms with Crippen LogP contribution in [0.25, 0.3) is 0 Å². The molecule has 0 radical (unpaired) electrons. The van der Waals surface area contributed by atoms with Crippen molar-refractivity contribution in [2.45, 2.75) is 32.7 Å². The summed E-state index contributed by atoms with van der Waals surface area (Å²) in [4.78, 5) is 41.5. The van der Waals surface area contributed by atoms with Crippen LogP contribution in [-0.2, 0) is 14.3 Å². The highest BCUT2D eigenvalue weighted by Crippen LogP contribution is 2.52. The quantitative estimate of drug-likeness (QED) is 0.741. The molecule has 1 saturated carbocycles. The maximum atomic E-state index is 13.1. The Labute approximate surface area is 176 Å². The second-order valence-corrected chi connectivity index (χ2v) is 9.11. The predicted molar refractivity (Wildman–Crippen MR) is 109 cm³/mol. The zero-order valence-electron chi connectivity index (χ0n) is 18.1. The van der Waals surface area contributed by atoms with Gasteiger partial charge >= 0.3 is 5.97 Å². The fraction of sp³-hybridized carbons (Fsp3) is 0.682. The van der Waals surface area contributed by atoms with Crippen LogP contribution in [0.1, 0.15) is 34.7 Å². The van der Waals surface area contributed by atoms with Crippen LogP contribution in [0.3, 0.4) is 0 Å². The number of ether oxygens (including phenoxy) is 1. The highest BCUT2D eigenvalue weighted by atomic mass is 16.5. The molecule has 30 heavy (non-hydrogen) atoms. The van der Waals surface area contributed by atoms with Gasteiger partial charge in [0, 0.05) is 32.2 Å². The summed E-state index contributed by atoms with van der Waals surface area (Å²) in [6, 6.07) is 1.75. The number of carbonyl (C=O) groups is 3. The van der Waals surface area contributed by atoms with E-state index in [9.17, 15) is 14.4 Å². The molecule has 3 fully saturated rings. The summed E-state index contributed by atoms with van der Waals surface area (Å²) < 4.78 is 10.3. The number of nitrogens with one attached hydrogen (secondary N) is 1. The number of likely N-dealkylation sites (tertiary alicyclic amines) is 2. The summed E-state index contributed by atoms with van der Waals surface area (Å²) in [5.74, 6) is 1.67. The van der Waals surface area contributed by atoms with E-state index in [1.54, 1.807) is 13.0 Å². The van der Waals surface area contributed by atoms with E-state index in [0.717, 1.165) is 18.6 Å². The van der Waals surface area contributed by atoms with Crippen LogP contribution >= 0.6 is 0 Å². The summed E-state index contributed by atoms with van der Waals surface area (Å²) in [5, 5.41) is 3.11. The first-order chi connectivity index (χ1) is 14.3. The number of furan rings is 1. The molecule has 0 bridgehead atoms. The van der Waals surface area contributed by atoms with E-state index in [2.05, 4.69) is 10.2 Å². The van der Waals surface area contributed by atoms with Crippen molar-refractivity contribution >= 4 is 17.8 Å². The van der Waals surface area contributed by atoms with E-state index in [1.165, 1.54) is 7.11 Å². The van der Waals surface area contributed by atoms with Crippen LogP contribution in [-0.4, -0.2) is 74.0 Å². The van der Waals surface area contributed by atoms with Crippen molar-refractivity contribution in [1.29, 1.82) is 0 Å². The summed E-state index contributed by atoms with van der Waals surface area (Å²) >= 11 is 0. The largest absolute Gasteiger partial charge is 0.469 e. The molecule has 3 aliphatic rings. The molecule has 2 aliphatic heterocycles. The van der Waals surface area contributed by atoms with E-state index in [1.807, 2.05) is 18.9 Å². The van der Waals surface area contributed by atoms with Crippen molar-refractivity contribution < 1.29 is 23.5 Å². The molecule has 1 N–H and O–H groups in total. The number of amides is 2. The van der Waals surface area contributed by atoms with Crippen LogP contribution in [0, 0.1) is 37.5 Å². The maximum absolute atomic E-state index is 13.1. The van der Waals surface area contributed by atoms with Crippen LogP contribution in [0.5, 0.6) is 0 Å². The van der Waals surface area contributed by atoms with Gasteiger partial charge in [0.05, 0.1) is 24.5 Å². The third-order valence-electron chi connectivity index (χ3n) is 6.88. The van der Waals surface area contributed by atoms with Crippen LogP contribution in [0.15, 0.2) is 10.5 Å². The topological polar surface area (TPSA) is 92.1 Å². The summed E-state index contributed by atoms with van der Waals surface area (Å²) in [5.41, 5.74) is 0.573. The molecule has 0 aromatic carbocycles. The van der Waals surface area contributed by atoms with Crippen molar-refractivity contribution in [2.24, 2.45) is 23.7 Å². The number of piperidine rings is 1. The Bertz CT molecular complexity index is 838. The Morgan fingerprint density at radius 2 is 1.80 bits per heavy atom. The lowest BCUT2D eigenvalue weighted by Crippen LogP contribution is -2.42. The molecule has 2 amide bonds. The molecular weight excluding hydrogens is 386 g/mol. The normalized spacial score (nSPS) is 31.1. The SMILES string of the molecule is COC(=O)C1[C@H]2CN(C(=O)[C@@H]3CC[C@H](NC(=O)c4cc(C)oc4C)CN(C)C3)C[C@@H]12. The lowest BCUT2D eigenvalue weighted by atomic mass is 10.00. The van der Waals surface area contributed by atoms with Crippen molar-refractivity contribution in [2.75, 3.05) is 40.3 Å². The molecule has 8 nitrogen and oxygen atoms in total. The van der Waals surface area contributed by atoms with Crippen molar-refractivity contribution in [3.63, 3.8) is 0 Å². The molecule has 1 aromatic heterocycles. The first-order valence-corrected chi connectivity index (χ1v) is 10.7. The Morgan fingerprint density at radius 3 is 2.40 bits per heavy atom. The Morgan fingerprint density at radius 1 is 1.10 bits per heavy atom. The third kappa shape index (κ3) is 3.97. The minimum absolute atomic E-state index is 0.00871. The average Bonchev–Trinajstić information content (AvgIpc) is 3.08. The zero-order valence-corrected chi connectivity index (χ0v) is 18.1. The van der Waals surface area contributed by atoms with E-state index in [0.29, 0.717) is 37.5 Å². The van der Waals surface area contributed by atoms with E-state index in [4.69, 9.17) is 9.15 Å². The highest BCUT2D eigenvalue weighted by Gasteiger charge is 2.61. The van der Waals surface area contributed by atoms with E-state index >= 15 is 0 Å². The predicted octanol–water partition coefficient (Wildman–Crippen LogP) is 1.21. The molecule has 1 unspecified atom stereocenters. The Hall–Kier alpha value is -2.35. The molecule has 3 heterocycles. The van der Waals surface area contributed by atoms with Gasteiger partial charge in [-0.3, -0.25) is 14.4 Å². The molecule has 1 aromatic rings. The second kappa shape index (κ2) is 8.06. The third-order valence-corrected chi connectivity index (χ3v) is 6.88. The fourth-order valence-corrected chi connectivity index (χ4v) is 5.30. The molecular formula is C22H31N3O5. The van der Waals surface area contributed by atoms with Gasteiger partial charge in [-0.25, -0.2) is 0 Å². The average molecular weight is 418 g/mol. The Balaban J connectivity index is 1.31. The minimum Gasteiger partial charge on any atom is -0.469 e. The van der Waals surface area contributed by atoms with Crippen molar-refractivity contribution in [3.05, 3.63) is 23.2 Å².